The minimum absolute atomic E-state index is 0.742. The molecule has 12 heavy (non-hydrogen) atoms. The molecule has 0 aliphatic heterocycles. The van der Waals surface area contributed by atoms with Crippen LogP contribution in [0.15, 0.2) is 16.7 Å². The maximum atomic E-state index is 5.42. The van der Waals surface area contributed by atoms with E-state index in [1.807, 2.05) is 6.26 Å². The van der Waals surface area contributed by atoms with Crippen LogP contribution in [0.1, 0.15) is 36.5 Å². The van der Waals surface area contributed by atoms with E-state index in [-0.39, 0.29) is 0 Å². The van der Waals surface area contributed by atoms with Gasteiger partial charge in [-0.2, -0.15) is 0 Å². The monoisotopic (exact) mass is 228 g/mol. The molecule has 1 unspecified atom stereocenters. The van der Waals surface area contributed by atoms with E-state index in [0.29, 0.717) is 0 Å². The molecule has 66 valence electrons. The predicted octanol–water partition coefficient (Wildman–Crippen LogP) is 3.48. The van der Waals surface area contributed by atoms with Gasteiger partial charge in [0.1, 0.15) is 5.76 Å². The second-order valence-electron chi connectivity index (χ2n) is 3.37. The lowest BCUT2D eigenvalue weighted by Crippen LogP contribution is -2.07. The van der Waals surface area contributed by atoms with Gasteiger partial charge in [-0.15, -0.1) is 0 Å². The van der Waals surface area contributed by atoms with Crippen molar-refractivity contribution in [2.75, 3.05) is 5.33 Å². The van der Waals surface area contributed by atoms with Crippen LogP contribution in [0, 0.1) is 0 Å². The number of furan rings is 1. The summed E-state index contributed by atoms with van der Waals surface area (Å²) in [4.78, 5) is 0. The number of fused-ring (bicyclic) bond motifs is 1. The number of aryl methyl sites for hydroxylation is 1. The van der Waals surface area contributed by atoms with Crippen LogP contribution in [-0.4, -0.2) is 5.33 Å². The molecule has 1 atom stereocenters. The number of hydrogen-bond donors (Lipinski definition) is 0. The Morgan fingerprint density at radius 3 is 3.33 bits per heavy atom. The van der Waals surface area contributed by atoms with Crippen molar-refractivity contribution in [2.45, 2.75) is 31.6 Å². The zero-order valence-electron chi connectivity index (χ0n) is 7.05. The molecule has 0 fully saturated rings. The van der Waals surface area contributed by atoms with Crippen LogP contribution in [-0.2, 0) is 6.42 Å². The van der Waals surface area contributed by atoms with Crippen LogP contribution in [0.3, 0.4) is 0 Å². The summed E-state index contributed by atoms with van der Waals surface area (Å²) in [5, 5.41) is 1.10. The Morgan fingerprint density at radius 1 is 1.58 bits per heavy atom. The Kier molecular flexibility index (Phi) is 2.54. The first-order valence-electron chi connectivity index (χ1n) is 4.54. The Labute approximate surface area is 81.3 Å². The van der Waals surface area contributed by atoms with Crippen molar-refractivity contribution in [1.82, 2.24) is 0 Å². The van der Waals surface area contributed by atoms with Crippen LogP contribution >= 0.6 is 15.9 Å². The zero-order valence-corrected chi connectivity index (χ0v) is 8.64. The first-order chi connectivity index (χ1) is 5.92. The summed E-state index contributed by atoms with van der Waals surface area (Å²) in [5.74, 6) is 1.97. The molecule has 1 heterocycles. The van der Waals surface area contributed by atoms with Crippen molar-refractivity contribution in [2.24, 2.45) is 0 Å². The van der Waals surface area contributed by atoms with Gasteiger partial charge in [-0.3, -0.25) is 0 Å². The lowest BCUT2D eigenvalue weighted by molar-refractivity contribution is 0.446. The lowest BCUT2D eigenvalue weighted by Gasteiger charge is -2.20. The summed E-state index contributed by atoms with van der Waals surface area (Å²) in [6, 6.07) is 2.14. The molecule has 0 amide bonds. The highest BCUT2D eigenvalue weighted by atomic mass is 79.9. The van der Waals surface area contributed by atoms with Crippen molar-refractivity contribution >= 4 is 15.9 Å². The Hall–Kier alpha value is -0.240. The Balaban J connectivity index is 2.19. The van der Waals surface area contributed by atoms with Crippen molar-refractivity contribution in [1.29, 1.82) is 0 Å². The van der Waals surface area contributed by atoms with Crippen molar-refractivity contribution in [3.63, 3.8) is 0 Å². The summed E-state index contributed by atoms with van der Waals surface area (Å²) >= 11 is 3.49. The standard InChI is InChI=1S/C10H13BrO/c11-6-4-8-2-1-3-10-9(8)5-7-12-10/h5,7-8H,1-4,6H2. The SMILES string of the molecule is BrCCC1CCCc2occc21. The van der Waals surface area contributed by atoms with E-state index in [1.165, 1.54) is 30.6 Å². The normalized spacial score (nSPS) is 22.2. The van der Waals surface area contributed by atoms with Crippen LogP contribution in [0.4, 0.5) is 0 Å². The zero-order chi connectivity index (χ0) is 8.39. The van der Waals surface area contributed by atoms with E-state index >= 15 is 0 Å². The fourth-order valence-corrected chi connectivity index (χ4v) is 2.57. The third kappa shape index (κ3) is 1.45. The smallest absolute Gasteiger partial charge is 0.107 e. The Bertz CT molecular complexity index is 254. The number of alkyl halides is 1. The molecule has 0 aromatic carbocycles. The number of rotatable bonds is 2. The molecule has 2 heteroatoms. The van der Waals surface area contributed by atoms with Gasteiger partial charge >= 0.3 is 0 Å². The summed E-state index contributed by atoms with van der Waals surface area (Å²) in [7, 11) is 0. The maximum absolute atomic E-state index is 5.42. The molecule has 1 aliphatic carbocycles. The van der Waals surface area contributed by atoms with E-state index in [9.17, 15) is 0 Å². The fourth-order valence-electron chi connectivity index (χ4n) is 2.01. The second-order valence-corrected chi connectivity index (χ2v) is 4.16. The van der Waals surface area contributed by atoms with Gasteiger partial charge in [0.2, 0.25) is 0 Å². The van der Waals surface area contributed by atoms with Gasteiger partial charge in [-0.1, -0.05) is 15.9 Å². The van der Waals surface area contributed by atoms with E-state index < -0.39 is 0 Å². The highest BCUT2D eigenvalue weighted by molar-refractivity contribution is 9.09. The molecule has 1 aliphatic rings. The summed E-state index contributed by atoms with van der Waals surface area (Å²) in [6.07, 6.45) is 6.83. The maximum Gasteiger partial charge on any atom is 0.107 e. The largest absolute Gasteiger partial charge is 0.469 e. The molecule has 1 aromatic heterocycles. The van der Waals surface area contributed by atoms with Gasteiger partial charge in [0.05, 0.1) is 6.26 Å². The topological polar surface area (TPSA) is 13.1 Å². The first kappa shape index (κ1) is 8.36. The third-order valence-corrected chi connectivity index (χ3v) is 3.09. The van der Waals surface area contributed by atoms with Crippen LogP contribution in [0.25, 0.3) is 0 Å². The van der Waals surface area contributed by atoms with Gasteiger partial charge in [0.15, 0.2) is 0 Å². The summed E-state index contributed by atoms with van der Waals surface area (Å²) in [6.45, 7) is 0. The molecule has 2 rings (SSSR count). The van der Waals surface area contributed by atoms with Crippen molar-refractivity contribution in [3.05, 3.63) is 23.7 Å². The van der Waals surface area contributed by atoms with Crippen LogP contribution in [0.2, 0.25) is 0 Å². The predicted molar refractivity (Wildman–Crippen MR) is 52.8 cm³/mol. The van der Waals surface area contributed by atoms with Gasteiger partial charge in [0.25, 0.3) is 0 Å². The third-order valence-electron chi connectivity index (χ3n) is 2.63. The molecule has 0 bridgehead atoms. The Morgan fingerprint density at radius 2 is 2.50 bits per heavy atom. The molecule has 0 saturated carbocycles. The summed E-state index contributed by atoms with van der Waals surface area (Å²) in [5.41, 5.74) is 1.46. The minimum Gasteiger partial charge on any atom is -0.469 e. The van der Waals surface area contributed by atoms with Crippen molar-refractivity contribution in [3.8, 4) is 0 Å². The highest BCUT2D eigenvalue weighted by Crippen LogP contribution is 2.34. The average Bonchev–Trinajstić information content (AvgIpc) is 2.53. The minimum atomic E-state index is 0.742. The molecule has 0 N–H and O–H groups in total. The van der Waals surface area contributed by atoms with Gasteiger partial charge in [-0.05, 0) is 36.8 Å². The van der Waals surface area contributed by atoms with E-state index in [1.54, 1.807) is 0 Å². The number of halogens is 1. The quantitative estimate of drug-likeness (QED) is 0.707. The van der Waals surface area contributed by atoms with Gasteiger partial charge in [0, 0.05) is 11.8 Å². The molecule has 0 radical (unpaired) electrons. The molecular formula is C10H13BrO. The van der Waals surface area contributed by atoms with Crippen molar-refractivity contribution < 1.29 is 4.42 Å². The van der Waals surface area contributed by atoms with E-state index in [0.717, 1.165) is 17.7 Å². The van der Waals surface area contributed by atoms with Crippen LogP contribution in [0.5, 0.6) is 0 Å². The average molecular weight is 229 g/mol. The fraction of sp³-hybridized carbons (Fsp3) is 0.600. The highest BCUT2D eigenvalue weighted by Gasteiger charge is 2.21. The lowest BCUT2D eigenvalue weighted by atomic mass is 9.86. The molecule has 1 nitrogen and oxygen atoms in total. The van der Waals surface area contributed by atoms with Gasteiger partial charge < -0.3 is 4.42 Å². The van der Waals surface area contributed by atoms with E-state index in [2.05, 4.69) is 22.0 Å². The molecular weight excluding hydrogens is 216 g/mol. The van der Waals surface area contributed by atoms with E-state index in [4.69, 9.17) is 4.42 Å². The first-order valence-corrected chi connectivity index (χ1v) is 5.66. The summed E-state index contributed by atoms with van der Waals surface area (Å²) < 4.78 is 5.42. The van der Waals surface area contributed by atoms with Gasteiger partial charge in [-0.25, -0.2) is 0 Å². The van der Waals surface area contributed by atoms with Crippen LogP contribution < -0.4 is 0 Å². The molecule has 1 aromatic rings. The molecule has 0 spiro atoms. The number of hydrogen-bond acceptors (Lipinski definition) is 1. The molecule has 0 saturated heterocycles. The second kappa shape index (κ2) is 3.65.